The Kier molecular flexibility index (Phi) is 5.76. The summed E-state index contributed by atoms with van der Waals surface area (Å²) in [5.74, 6) is 0.0609. The molecule has 1 aromatic carbocycles. The number of rotatable bonds is 6. The van der Waals surface area contributed by atoms with Gasteiger partial charge in [0, 0.05) is 41.2 Å². The minimum atomic E-state index is -0.136. The van der Waals surface area contributed by atoms with E-state index >= 15 is 0 Å². The summed E-state index contributed by atoms with van der Waals surface area (Å²) in [6.45, 7) is 4.43. The van der Waals surface area contributed by atoms with Crippen molar-refractivity contribution >= 4 is 22.9 Å². The van der Waals surface area contributed by atoms with Crippen LogP contribution in [0.4, 0.5) is 5.69 Å². The van der Waals surface area contributed by atoms with Crippen molar-refractivity contribution in [1.29, 1.82) is 0 Å². The molecule has 1 aliphatic heterocycles. The Hall–Kier alpha value is -1.85. The normalized spacial score (nSPS) is 20.5. The van der Waals surface area contributed by atoms with Gasteiger partial charge in [-0.1, -0.05) is 19.1 Å². The Morgan fingerprint density at radius 1 is 1.36 bits per heavy atom. The number of carbonyl (C=O) groups excluding carboxylic acids is 1. The highest BCUT2D eigenvalue weighted by Crippen LogP contribution is 2.33. The van der Waals surface area contributed by atoms with Gasteiger partial charge in [0.25, 0.3) is 5.91 Å². The average molecular weight is 359 g/mol. The Morgan fingerprint density at radius 3 is 2.96 bits per heavy atom. The largest absolute Gasteiger partial charge is 0.396 e. The maximum absolute atomic E-state index is 12.9. The molecule has 0 radical (unpaired) electrons. The van der Waals surface area contributed by atoms with Gasteiger partial charge in [-0.05, 0) is 48.9 Å². The monoisotopic (exact) mass is 358 g/mol. The number of likely N-dealkylation sites (tertiary alicyclic amines) is 1. The zero-order valence-corrected chi connectivity index (χ0v) is 15.5. The molecule has 1 atom stereocenters. The van der Waals surface area contributed by atoms with Gasteiger partial charge in [-0.25, -0.2) is 0 Å². The van der Waals surface area contributed by atoms with Crippen LogP contribution in [0, 0.1) is 5.41 Å². The predicted molar refractivity (Wildman–Crippen MR) is 103 cm³/mol. The lowest BCUT2D eigenvalue weighted by Gasteiger charge is -2.41. The minimum absolute atomic E-state index is 0.0609. The van der Waals surface area contributed by atoms with Crippen LogP contribution in [0.25, 0.3) is 0 Å². The molecular formula is C20H26N2O2S. The van der Waals surface area contributed by atoms with Crippen molar-refractivity contribution in [2.75, 3.05) is 25.0 Å². The van der Waals surface area contributed by atoms with Crippen LogP contribution in [0.2, 0.25) is 0 Å². The summed E-state index contributed by atoms with van der Waals surface area (Å²) in [5, 5.41) is 15.2. The lowest BCUT2D eigenvalue weighted by atomic mass is 9.78. The molecule has 134 valence electrons. The molecule has 2 N–H and O–H groups in total. The predicted octanol–water partition coefficient (Wildman–Crippen LogP) is 3.98. The number of anilines is 1. The molecule has 1 fully saturated rings. The summed E-state index contributed by atoms with van der Waals surface area (Å²) in [6, 6.07) is 11.9. The molecular weight excluding hydrogens is 332 g/mol. The molecule has 0 unspecified atom stereocenters. The maximum Gasteiger partial charge on any atom is 0.253 e. The molecule has 3 rings (SSSR count). The molecule has 2 aromatic rings. The number of aliphatic hydroxyl groups is 1. The van der Waals surface area contributed by atoms with E-state index in [1.165, 1.54) is 4.88 Å². The SMILES string of the molecule is CC[C@]1(CO)CCCN(C(=O)c2cccc(NCc3cccs3)c2)C1. The Morgan fingerprint density at radius 2 is 2.24 bits per heavy atom. The van der Waals surface area contributed by atoms with Crippen LogP contribution in [0.3, 0.4) is 0 Å². The molecule has 0 spiro atoms. The number of hydrogen-bond acceptors (Lipinski definition) is 4. The van der Waals surface area contributed by atoms with Gasteiger partial charge in [0.05, 0.1) is 6.61 Å². The summed E-state index contributed by atoms with van der Waals surface area (Å²) in [4.78, 5) is 16.1. The van der Waals surface area contributed by atoms with Crippen molar-refractivity contribution in [3.8, 4) is 0 Å². The van der Waals surface area contributed by atoms with Crippen molar-refractivity contribution in [3.05, 3.63) is 52.2 Å². The van der Waals surface area contributed by atoms with Gasteiger partial charge in [-0.2, -0.15) is 0 Å². The van der Waals surface area contributed by atoms with Crippen LogP contribution >= 0.6 is 11.3 Å². The Balaban J connectivity index is 1.68. The second-order valence-corrected chi connectivity index (χ2v) is 7.89. The zero-order valence-electron chi connectivity index (χ0n) is 14.7. The summed E-state index contributed by atoms with van der Waals surface area (Å²) in [7, 11) is 0. The first-order valence-electron chi connectivity index (χ1n) is 8.92. The van der Waals surface area contributed by atoms with E-state index in [9.17, 15) is 9.90 Å². The van der Waals surface area contributed by atoms with E-state index < -0.39 is 0 Å². The standard InChI is InChI=1S/C20H26N2O2S/c1-2-20(15-23)9-5-10-22(14-20)19(24)16-6-3-7-17(12-16)21-13-18-8-4-11-25-18/h3-4,6-8,11-12,21,23H,2,5,9-10,13-15H2,1H3/t20-/m0/s1. The summed E-state index contributed by atoms with van der Waals surface area (Å²) >= 11 is 1.72. The Bertz CT molecular complexity index is 695. The van der Waals surface area contributed by atoms with Crippen LogP contribution < -0.4 is 5.32 Å². The van der Waals surface area contributed by atoms with Gasteiger partial charge >= 0.3 is 0 Å². The number of hydrogen-bond donors (Lipinski definition) is 2. The quantitative estimate of drug-likeness (QED) is 0.821. The van der Waals surface area contributed by atoms with Crippen LogP contribution in [0.5, 0.6) is 0 Å². The number of benzene rings is 1. The molecule has 1 saturated heterocycles. The van der Waals surface area contributed by atoms with E-state index in [2.05, 4.69) is 23.7 Å². The van der Waals surface area contributed by atoms with E-state index in [0.717, 1.165) is 38.0 Å². The third-order valence-corrected chi connectivity index (χ3v) is 6.07. The fourth-order valence-electron chi connectivity index (χ4n) is 3.46. The zero-order chi connectivity index (χ0) is 17.7. The van der Waals surface area contributed by atoms with Crippen LogP contribution in [0.1, 0.15) is 41.4 Å². The fraction of sp³-hybridized carbons (Fsp3) is 0.450. The molecule has 1 aromatic heterocycles. The lowest BCUT2D eigenvalue weighted by molar-refractivity contribution is 0.0252. The third-order valence-electron chi connectivity index (χ3n) is 5.19. The molecule has 25 heavy (non-hydrogen) atoms. The number of carbonyl (C=O) groups is 1. The van der Waals surface area contributed by atoms with Crippen LogP contribution in [-0.4, -0.2) is 35.6 Å². The molecule has 2 heterocycles. The van der Waals surface area contributed by atoms with Crippen molar-refractivity contribution in [3.63, 3.8) is 0 Å². The second kappa shape index (κ2) is 8.02. The van der Waals surface area contributed by atoms with E-state index in [1.54, 1.807) is 11.3 Å². The summed E-state index contributed by atoms with van der Waals surface area (Å²) < 4.78 is 0. The first-order valence-corrected chi connectivity index (χ1v) is 9.80. The lowest BCUT2D eigenvalue weighted by Crippen LogP contribution is -2.47. The molecule has 0 bridgehead atoms. The highest BCUT2D eigenvalue weighted by Gasteiger charge is 2.35. The van der Waals surface area contributed by atoms with Crippen LogP contribution in [0.15, 0.2) is 41.8 Å². The topological polar surface area (TPSA) is 52.6 Å². The summed E-state index contributed by atoms with van der Waals surface area (Å²) in [5.41, 5.74) is 1.53. The van der Waals surface area contributed by atoms with Gasteiger partial charge in [0.2, 0.25) is 0 Å². The van der Waals surface area contributed by atoms with E-state index in [4.69, 9.17) is 0 Å². The molecule has 0 aliphatic carbocycles. The number of nitrogens with one attached hydrogen (secondary N) is 1. The molecule has 4 nitrogen and oxygen atoms in total. The first kappa shape index (κ1) is 18.0. The van der Waals surface area contributed by atoms with Crippen molar-refractivity contribution in [1.82, 2.24) is 4.90 Å². The van der Waals surface area contributed by atoms with Gasteiger partial charge in [-0.15, -0.1) is 11.3 Å². The number of aliphatic hydroxyl groups excluding tert-OH is 1. The minimum Gasteiger partial charge on any atom is -0.396 e. The van der Waals surface area contributed by atoms with Gasteiger partial charge in [-0.3, -0.25) is 4.79 Å². The molecule has 0 saturated carbocycles. The van der Waals surface area contributed by atoms with E-state index in [-0.39, 0.29) is 17.9 Å². The Labute approximate surface area is 153 Å². The van der Waals surface area contributed by atoms with Crippen LogP contribution in [-0.2, 0) is 6.54 Å². The average Bonchev–Trinajstić information content (AvgIpc) is 3.19. The number of amides is 1. The fourth-order valence-corrected chi connectivity index (χ4v) is 4.10. The molecule has 1 aliphatic rings. The highest BCUT2D eigenvalue weighted by atomic mass is 32.1. The third kappa shape index (κ3) is 4.22. The van der Waals surface area contributed by atoms with Gasteiger partial charge < -0.3 is 15.3 Å². The number of piperidine rings is 1. The summed E-state index contributed by atoms with van der Waals surface area (Å²) in [6.07, 6.45) is 2.85. The molecule has 5 heteroatoms. The number of nitrogens with zero attached hydrogens (tertiary/aromatic N) is 1. The maximum atomic E-state index is 12.9. The van der Waals surface area contributed by atoms with Crippen molar-refractivity contribution < 1.29 is 9.90 Å². The van der Waals surface area contributed by atoms with Crippen molar-refractivity contribution in [2.24, 2.45) is 5.41 Å². The van der Waals surface area contributed by atoms with Crippen molar-refractivity contribution in [2.45, 2.75) is 32.7 Å². The number of thiophene rings is 1. The van der Waals surface area contributed by atoms with Gasteiger partial charge in [0.15, 0.2) is 0 Å². The van der Waals surface area contributed by atoms with Gasteiger partial charge in [0.1, 0.15) is 0 Å². The smallest absolute Gasteiger partial charge is 0.253 e. The highest BCUT2D eigenvalue weighted by molar-refractivity contribution is 7.09. The van der Waals surface area contributed by atoms with E-state index in [0.29, 0.717) is 12.1 Å². The van der Waals surface area contributed by atoms with E-state index in [1.807, 2.05) is 35.2 Å². The second-order valence-electron chi connectivity index (χ2n) is 6.86. The first-order chi connectivity index (χ1) is 12.2. The molecule has 1 amide bonds.